The lowest BCUT2D eigenvalue weighted by atomic mass is 10.2. The van der Waals surface area contributed by atoms with Crippen LogP contribution in [0.2, 0.25) is 0 Å². The molecule has 0 aliphatic heterocycles. The van der Waals surface area contributed by atoms with Crippen molar-refractivity contribution in [1.82, 2.24) is 4.90 Å². The number of hydrogen-bond acceptors (Lipinski definition) is 2. The molecule has 1 nitrogen and oxygen atoms in total. The van der Waals surface area contributed by atoms with Gasteiger partial charge in [-0.2, -0.15) is 12.6 Å². The molecule has 0 bridgehead atoms. The molecule has 0 saturated carbocycles. The molecular formula is C9H17NS. The highest BCUT2D eigenvalue weighted by Crippen LogP contribution is 2.11. The van der Waals surface area contributed by atoms with E-state index in [1.54, 1.807) is 0 Å². The third-order valence-corrected chi connectivity index (χ3v) is 2.12. The van der Waals surface area contributed by atoms with Gasteiger partial charge in [0.2, 0.25) is 0 Å². The van der Waals surface area contributed by atoms with Crippen molar-refractivity contribution < 1.29 is 0 Å². The third kappa shape index (κ3) is 4.14. The fourth-order valence-electron chi connectivity index (χ4n) is 0.704. The van der Waals surface area contributed by atoms with E-state index in [4.69, 9.17) is 0 Å². The van der Waals surface area contributed by atoms with E-state index >= 15 is 0 Å². The average molecular weight is 171 g/mol. The van der Waals surface area contributed by atoms with Crippen LogP contribution < -0.4 is 0 Å². The SMILES string of the molecule is C=CC(S)CC(=C)N(C)CC. The molecule has 0 aromatic rings. The zero-order chi connectivity index (χ0) is 8.85. The van der Waals surface area contributed by atoms with Crippen molar-refractivity contribution in [3.63, 3.8) is 0 Å². The van der Waals surface area contributed by atoms with E-state index in [2.05, 4.69) is 37.6 Å². The van der Waals surface area contributed by atoms with Gasteiger partial charge < -0.3 is 4.90 Å². The van der Waals surface area contributed by atoms with E-state index in [-0.39, 0.29) is 5.25 Å². The molecule has 0 N–H and O–H groups in total. The maximum atomic E-state index is 4.30. The van der Waals surface area contributed by atoms with Gasteiger partial charge in [-0.05, 0) is 6.92 Å². The second kappa shape index (κ2) is 5.30. The Labute approximate surface area is 75.2 Å². The lowest BCUT2D eigenvalue weighted by Gasteiger charge is -2.20. The molecule has 0 saturated heterocycles. The van der Waals surface area contributed by atoms with Crippen LogP contribution in [0.15, 0.2) is 24.9 Å². The Morgan fingerprint density at radius 2 is 2.27 bits per heavy atom. The predicted octanol–water partition coefficient (Wildman–Crippen LogP) is 2.33. The summed E-state index contributed by atoms with van der Waals surface area (Å²) >= 11 is 4.30. The predicted molar refractivity (Wildman–Crippen MR) is 55.0 cm³/mol. The lowest BCUT2D eigenvalue weighted by Crippen LogP contribution is -2.17. The summed E-state index contributed by atoms with van der Waals surface area (Å²) in [5, 5.41) is 0.233. The highest BCUT2D eigenvalue weighted by molar-refractivity contribution is 7.81. The first-order chi connectivity index (χ1) is 5.11. The van der Waals surface area contributed by atoms with Crippen LogP contribution in [0.1, 0.15) is 13.3 Å². The van der Waals surface area contributed by atoms with E-state index in [1.807, 2.05) is 13.1 Å². The van der Waals surface area contributed by atoms with Gasteiger partial charge in [0.05, 0.1) is 0 Å². The molecule has 2 heteroatoms. The summed E-state index contributed by atoms with van der Waals surface area (Å²) in [6.07, 6.45) is 2.72. The van der Waals surface area contributed by atoms with E-state index in [0.717, 1.165) is 18.7 Å². The van der Waals surface area contributed by atoms with Crippen molar-refractivity contribution in [3.05, 3.63) is 24.9 Å². The molecule has 0 fully saturated rings. The fourth-order valence-corrected chi connectivity index (χ4v) is 0.915. The van der Waals surface area contributed by atoms with Crippen LogP contribution in [0.4, 0.5) is 0 Å². The Kier molecular flexibility index (Phi) is 5.12. The molecule has 0 amide bonds. The maximum Gasteiger partial charge on any atom is 0.0248 e. The molecule has 1 atom stereocenters. The van der Waals surface area contributed by atoms with Gasteiger partial charge in [-0.15, -0.1) is 6.58 Å². The zero-order valence-corrected chi connectivity index (χ0v) is 8.27. The Bertz CT molecular complexity index is 142. The van der Waals surface area contributed by atoms with Crippen molar-refractivity contribution in [3.8, 4) is 0 Å². The van der Waals surface area contributed by atoms with Gasteiger partial charge in [0, 0.05) is 31.0 Å². The van der Waals surface area contributed by atoms with Crippen molar-refractivity contribution in [2.75, 3.05) is 13.6 Å². The second-order valence-electron chi connectivity index (χ2n) is 2.59. The summed E-state index contributed by atoms with van der Waals surface area (Å²) in [5.74, 6) is 0. The average Bonchev–Trinajstić information content (AvgIpc) is 2.02. The van der Waals surface area contributed by atoms with Gasteiger partial charge in [0.25, 0.3) is 0 Å². The van der Waals surface area contributed by atoms with E-state index < -0.39 is 0 Å². The fraction of sp³-hybridized carbons (Fsp3) is 0.556. The third-order valence-electron chi connectivity index (χ3n) is 1.73. The monoisotopic (exact) mass is 171 g/mol. The van der Waals surface area contributed by atoms with Crippen LogP contribution >= 0.6 is 12.6 Å². The smallest absolute Gasteiger partial charge is 0.0248 e. The summed E-state index contributed by atoms with van der Waals surface area (Å²) in [6.45, 7) is 10.7. The Balaban J connectivity index is 3.76. The molecule has 0 aliphatic carbocycles. The van der Waals surface area contributed by atoms with E-state index in [1.165, 1.54) is 0 Å². The van der Waals surface area contributed by atoms with Crippen LogP contribution in [0, 0.1) is 0 Å². The van der Waals surface area contributed by atoms with Crippen LogP contribution in [0.3, 0.4) is 0 Å². The number of allylic oxidation sites excluding steroid dienone is 1. The number of nitrogens with zero attached hydrogens (tertiary/aromatic N) is 1. The summed E-state index contributed by atoms with van der Waals surface area (Å²) in [7, 11) is 2.03. The zero-order valence-electron chi connectivity index (χ0n) is 7.38. The summed E-state index contributed by atoms with van der Waals surface area (Å²) < 4.78 is 0. The summed E-state index contributed by atoms with van der Waals surface area (Å²) in [6, 6.07) is 0. The standard InChI is InChI=1S/C9H17NS/c1-5-9(11)7-8(3)10(4)6-2/h5,9,11H,1,3,6-7H2,2,4H3. The van der Waals surface area contributed by atoms with Crippen LogP contribution in [0.25, 0.3) is 0 Å². The summed E-state index contributed by atoms with van der Waals surface area (Å²) in [5.41, 5.74) is 1.12. The molecule has 0 aliphatic rings. The second-order valence-corrected chi connectivity index (χ2v) is 3.25. The van der Waals surface area contributed by atoms with Crippen LogP contribution in [-0.4, -0.2) is 23.7 Å². The highest BCUT2D eigenvalue weighted by Gasteiger charge is 2.03. The topological polar surface area (TPSA) is 3.24 Å². The molecule has 11 heavy (non-hydrogen) atoms. The minimum atomic E-state index is 0.233. The van der Waals surface area contributed by atoms with Crippen LogP contribution in [0.5, 0.6) is 0 Å². The first-order valence-electron chi connectivity index (χ1n) is 3.81. The molecule has 0 aromatic heterocycles. The van der Waals surface area contributed by atoms with Gasteiger partial charge >= 0.3 is 0 Å². The van der Waals surface area contributed by atoms with Crippen molar-refractivity contribution >= 4 is 12.6 Å². The van der Waals surface area contributed by atoms with Gasteiger partial charge in [0.15, 0.2) is 0 Å². The molecular weight excluding hydrogens is 154 g/mol. The van der Waals surface area contributed by atoms with Crippen molar-refractivity contribution in [1.29, 1.82) is 0 Å². The van der Waals surface area contributed by atoms with Crippen LogP contribution in [-0.2, 0) is 0 Å². The molecule has 0 aromatic carbocycles. The number of rotatable bonds is 5. The normalized spacial score (nSPS) is 12.3. The number of thiol groups is 1. The molecule has 0 rings (SSSR count). The lowest BCUT2D eigenvalue weighted by molar-refractivity contribution is 0.427. The van der Waals surface area contributed by atoms with Crippen molar-refractivity contribution in [2.45, 2.75) is 18.6 Å². The van der Waals surface area contributed by atoms with Gasteiger partial charge in [-0.3, -0.25) is 0 Å². The molecule has 0 heterocycles. The first kappa shape index (κ1) is 10.6. The summed E-state index contributed by atoms with van der Waals surface area (Å²) in [4.78, 5) is 2.12. The Morgan fingerprint density at radius 3 is 2.64 bits per heavy atom. The minimum absolute atomic E-state index is 0.233. The maximum absolute atomic E-state index is 4.30. The quantitative estimate of drug-likeness (QED) is 0.491. The largest absolute Gasteiger partial charge is 0.379 e. The molecule has 64 valence electrons. The highest BCUT2D eigenvalue weighted by atomic mass is 32.1. The van der Waals surface area contributed by atoms with Crippen molar-refractivity contribution in [2.24, 2.45) is 0 Å². The van der Waals surface area contributed by atoms with E-state index in [0.29, 0.717) is 0 Å². The first-order valence-corrected chi connectivity index (χ1v) is 4.33. The molecule has 1 unspecified atom stereocenters. The molecule has 0 spiro atoms. The molecule has 0 radical (unpaired) electrons. The Morgan fingerprint density at radius 1 is 1.73 bits per heavy atom. The Hall–Kier alpha value is -0.370. The van der Waals surface area contributed by atoms with Gasteiger partial charge in [-0.25, -0.2) is 0 Å². The van der Waals surface area contributed by atoms with Gasteiger partial charge in [-0.1, -0.05) is 12.7 Å². The van der Waals surface area contributed by atoms with E-state index in [9.17, 15) is 0 Å². The number of hydrogen-bond donors (Lipinski definition) is 1. The minimum Gasteiger partial charge on any atom is -0.379 e. The van der Waals surface area contributed by atoms with Gasteiger partial charge in [0.1, 0.15) is 0 Å².